The molecule has 2 atom stereocenters. The molecule has 81 heavy (non-hydrogen) atoms. The molecule has 0 amide bonds. The summed E-state index contributed by atoms with van der Waals surface area (Å²) >= 11 is 0. The van der Waals surface area contributed by atoms with Gasteiger partial charge in [0.2, 0.25) is 0 Å². The van der Waals surface area contributed by atoms with Crippen LogP contribution >= 0.6 is 0 Å². The van der Waals surface area contributed by atoms with Crippen molar-refractivity contribution in [1.82, 2.24) is 0 Å². The van der Waals surface area contributed by atoms with Gasteiger partial charge < -0.3 is 10.2 Å². The largest absolute Gasteiger partial charge is 0.507 e. The third-order valence-corrected chi connectivity index (χ3v) is 13.0. The van der Waals surface area contributed by atoms with Crippen molar-refractivity contribution in [3.8, 4) is 44.9 Å². The molecule has 0 aliphatic carbocycles. The zero-order valence-electron chi connectivity index (χ0n) is 42.1. The summed E-state index contributed by atoms with van der Waals surface area (Å²) in [6.45, 7) is 0. The molecule has 0 saturated heterocycles. The van der Waals surface area contributed by atoms with E-state index in [0.717, 1.165) is 34.4 Å². The van der Waals surface area contributed by atoms with Crippen LogP contribution in [0.1, 0.15) is 56.6 Å². The Hall–Kier alpha value is -8.56. The summed E-state index contributed by atoms with van der Waals surface area (Å²) in [6.07, 6.45) is -17.1. The Labute approximate surface area is 468 Å². The summed E-state index contributed by atoms with van der Waals surface area (Å²) in [4.78, 5) is 10.0. The monoisotopic (exact) mass is 1160 g/mol. The van der Waals surface area contributed by atoms with Crippen molar-refractivity contribution < 1.29 is 82.4 Å². The number of phenols is 2. The van der Waals surface area contributed by atoms with Gasteiger partial charge in [0.25, 0.3) is 0 Å². The molecule has 10 aromatic rings. The molecule has 10 aromatic carbocycles. The molecule has 0 heterocycles. The van der Waals surface area contributed by atoms with Gasteiger partial charge in [-0.1, -0.05) is 170 Å². The Morgan fingerprint density at radius 3 is 0.901 bits per heavy atom. The topological polar surface area (TPSA) is 65.2 Å². The molecular formula is C64H42F12N2O2Zn. The first-order chi connectivity index (χ1) is 38.0. The molecule has 0 unspecified atom stereocenters. The van der Waals surface area contributed by atoms with Crippen LogP contribution in [0.5, 0.6) is 11.5 Å². The smallest absolute Gasteiger partial charge is 0.416 e. The minimum atomic E-state index is -5.24. The van der Waals surface area contributed by atoms with Gasteiger partial charge in [-0.05, 0) is 103 Å². The molecule has 4 nitrogen and oxygen atoms in total. The SMILES string of the molecule is C(=N[C@@H](c1ccccc1)[C@@H](N=Cc1ccccc1)c1ccccc1)c1ccccc1.Oc1c(-c2cc(C(F)(F)F)cc(C(F)(F)F)c2)cc2ccccc2c1-c1c(O)c(-c2cc(C(F)(F)F)cc(C(F)(F)F)c2)cc2ccccc12.[Zn]. The van der Waals surface area contributed by atoms with E-state index >= 15 is 0 Å². The third-order valence-electron chi connectivity index (χ3n) is 13.0. The number of aliphatic imine (C=N–C) groups is 2. The van der Waals surface area contributed by atoms with Crippen LogP contribution in [0.25, 0.3) is 54.9 Å². The number of phenolic OH excluding ortho intramolecular Hbond substituents is 2. The van der Waals surface area contributed by atoms with Gasteiger partial charge in [-0.2, -0.15) is 52.7 Å². The van der Waals surface area contributed by atoms with Crippen LogP contribution in [-0.4, -0.2) is 22.6 Å². The Morgan fingerprint density at radius 1 is 0.333 bits per heavy atom. The van der Waals surface area contributed by atoms with E-state index in [1.54, 1.807) is 0 Å². The molecule has 0 bridgehead atoms. The molecular weight excluding hydrogens is 1120 g/mol. The Morgan fingerprint density at radius 2 is 0.605 bits per heavy atom. The van der Waals surface area contributed by atoms with Crippen molar-refractivity contribution in [3.05, 3.63) is 263 Å². The fourth-order valence-electron chi connectivity index (χ4n) is 9.25. The molecule has 0 radical (unpaired) electrons. The molecule has 0 spiro atoms. The second kappa shape index (κ2) is 24.0. The number of fused-ring (bicyclic) bond motifs is 2. The van der Waals surface area contributed by atoms with Gasteiger partial charge in [0, 0.05) is 54.2 Å². The van der Waals surface area contributed by atoms with Crippen molar-refractivity contribution >= 4 is 34.0 Å². The minimum Gasteiger partial charge on any atom is -0.507 e. The van der Waals surface area contributed by atoms with E-state index in [1.807, 2.05) is 61.0 Å². The molecule has 406 valence electrons. The third kappa shape index (κ3) is 13.6. The van der Waals surface area contributed by atoms with E-state index in [4.69, 9.17) is 9.98 Å². The minimum absolute atomic E-state index is 0. The number of hydrogen-bond acceptors (Lipinski definition) is 4. The van der Waals surface area contributed by atoms with E-state index in [0.29, 0.717) is 24.3 Å². The van der Waals surface area contributed by atoms with Gasteiger partial charge in [0.15, 0.2) is 0 Å². The van der Waals surface area contributed by atoms with Crippen LogP contribution in [0, 0.1) is 0 Å². The molecule has 0 aliphatic heterocycles. The molecule has 0 saturated carbocycles. The van der Waals surface area contributed by atoms with Crippen molar-refractivity contribution in [1.29, 1.82) is 0 Å². The summed E-state index contributed by atoms with van der Waals surface area (Å²) in [7, 11) is 0. The zero-order valence-corrected chi connectivity index (χ0v) is 45.1. The number of aromatic hydroxyl groups is 2. The van der Waals surface area contributed by atoms with Crippen LogP contribution in [0.4, 0.5) is 52.7 Å². The fraction of sp³-hybridized carbons (Fsp3) is 0.0938. The molecule has 10 rings (SSSR count). The molecule has 0 aromatic heterocycles. The van der Waals surface area contributed by atoms with E-state index in [2.05, 4.69) is 72.8 Å². The summed E-state index contributed by atoms with van der Waals surface area (Å²) in [5.41, 5.74) is -5.52. The van der Waals surface area contributed by atoms with Crippen molar-refractivity contribution in [2.45, 2.75) is 36.8 Å². The van der Waals surface area contributed by atoms with Crippen molar-refractivity contribution in [3.63, 3.8) is 0 Å². The Kier molecular flexibility index (Phi) is 17.4. The van der Waals surface area contributed by atoms with E-state index in [9.17, 15) is 62.9 Å². The van der Waals surface area contributed by atoms with Crippen LogP contribution in [0.3, 0.4) is 0 Å². The number of hydrogen-bond donors (Lipinski definition) is 2. The predicted molar refractivity (Wildman–Crippen MR) is 288 cm³/mol. The van der Waals surface area contributed by atoms with Crippen molar-refractivity contribution in [2.24, 2.45) is 9.98 Å². The standard InChI is InChI=1S/C36H18F12O2.C28H24N2.Zn/c37-33(38,39)21-9-19(10-22(15-21)34(40,41)42)27-13-17-5-1-3-7-25(17)29(31(27)49)30-26-8-4-2-6-18(26)14-28(32(30)50)20-11-23(35(43,44)45)16-24(12-20)36(46,47)48;1-5-13-23(14-6-1)21-29-27(25-17-9-3-10-18-25)28(26-19-11-4-12-20-26)30-22-24-15-7-2-8-16-24;/h1-16,49-50H;1-22,27-28H;/t;27-,28-;/m.0./s1. The summed E-state index contributed by atoms with van der Waals surface area (Å²) in [5.74, 6) is -1.84. The van der Waals surface area contributed by atoms with E-state index < -0.39 is 80.7 Å². The predicted octanol–water partition coefficient (Wildman–Crippen LogP) is 19.2. The van der Waals surface area contributed by atoms with Crippen LogP contribution in [0.2, 0.25) is 0 Å². The quantitative estimate of drug-likeness (QED) is 0.0814. The maximum absolute atomic E-state index is 13.8. The molecule has 0 fully saturated rings. The van der Waals surface area contributed by atoms with E-state index in [1.165, 1.54) is 48.5 Å². The Balaban J connectivity index is 0.000000237. The zero-order chi connectivity index (χ0) is 57.0. The van der Waals surface area contributed by atoms with Gasteiger partial charge in [-0.25, -0.2) is 0 Å². The summed E-state index contributed by atoms with van der Waals surface area (Å²) in [5, 5.41) is 24.0. The molecule has 0 aliphatic rings. The fourth-order valence-corrected chi connectivity index (χ4v) is 9.25. The maximum Gasteiger partial charge on any atom is 0.416 e. The first-order valence-corrected chi connectivity index (χ1v) is 24.4. The van der Waals surface area contributed by atoms with Gasteiger partial charge in [0.1, 0.15) is 23.6 Å². The normalized spacial score (nSPS) is 13.0. The van der Waals surface area contributed by atoms with Crippen LogP contribution in [0.15, 0.2) is 228 Å². The summed E-state index contributed by atoms with van der Waals surface area (Å²) < 4.78 is 165. The van der Waals surface area contributed by atoms with Crippen LogP contribution < -0.4 is 0 Å². The number of nitrogens with zero attached hydrogens (tertiary/aromatic N) is 2. The van der Waals surface area contributed by atoms with Crippen LogP contribution in [-0.2, 0) is 44.2 Å². The molecule has 2 N–H and O–H groups in total. The summed E-state index contributed by atoms with van der Waals surface area (Å²) in [6, 6.07) is 56.0. The first-order valence-electron chi connectivity index (χ1n) is 24.4. The number of alkyl halides is 12. The number of rotatable bonds is 10. The van der Waals surface area contributed by atoms with E-state index in [-0.39, 0.29) is 76.4 Å². The second-order valence-corrected chi connectivity index (χ2v) is 18.4. The van der Waals surface area contributed by atoms with Gasteiger partial charge in [-0.15, -0.1) is 0 Å². The van der Waals surface area contributed by atoms with Gasteiger partial charge >= 0.3 is 24.7 Å². The number of benzene rings is 10. The second-order valence-electron chi connectivity index (χ2n) is 18.4. The maximum atomic E-state index is 13.8. The first kappa shape index (κ1) is 58.6. The Bertz CT molecular complexity index is 3550. The van der Waals surface area contributed by atoms with Crippen molar-refractivity contribution in [2.75, 3.05) is 0 Å². The van der Waals surface area contributed by atoms with Gasteiger partial charge in [0.05, 0.1) is 22.3 Å². The number of halogens is 12. The average Bonchev–Trinajstić information content (AvgIpc) is 3.56. The van der Waals surface area contributed by atoms with Gasteiger partial charge in [-0.3, -0.25) is 9.98 Å². The molecule has 17 heteroatoms. The average molecular weight is 1160 g/mol.